The molecule has 1 rings (SSSR count). The van der Waals surface area contributed by atoms with Crippen LogP contribution in [0.1, 0.15) is 0 Å². The Labute approximate surface area is 64.7 Å². The highest BCUT2D eigenvalue weighted by Gasteiger charge is 2.15. The highest BCUT2D eigenvalue weighted by atomic mass is 16.7. The van der Waals surface area contributed by atoms with Gasteiger partial charge >= 0.3 is 7.32 Å². The molecule has 58 valence electrons. The molecule has 0 heterocycles. The minimum atomic E-state index is -1.41. The summed E-state index contributed by atoms with van der Waals surface area (Å²) in [5.41, 5.74) is 0. The Morgan fingerprint density at radius 1 is 1.27 bits per heavy atom. The van der Waals surface area contributed by atoms with Crippen LogP contribution >= 0.6 is 0 Å². The van der Waals surface area contributed by atoms with E-state index in [1.807, 2.05) is 6.07 Å². The van der Waals surface area contributed by atoms with E-state index in [0.717, 1.165) is 0 Å². The fourth-order valence-corrected chi connectivity index (χ4v) is 0.643. The van der Waals surface area contributed by atoms with Gasteiger partial charge in [0.15, 0.2) is 0 Å². The SMILES string of the molecule is NOB(O)Oc1ccccc1. The van der Waals surface area contributed by atoms with Crippen molar-refractivity contribution in [2.75, 3.05) is 0 Å². The summed E-state index contributed by atoms with van der Waals surface area (Å²) in [6.45, 7) is 0. The van der Waals surface area contributed by atoms with Crippen LogP contribution in [-0.4, -0.2) is 12.3 Å². The van der Waals surface area contributed by atoms with Gasteiger partial charge in [-0.1, -0.05) is 18.2 Å². The van der Waals surface area contributed by atoms with Crippen molar-refractivity contribution >= 4 is 7.32 Å². The zero-order valence-electron chi connectivity index (χ0n) is 5.81. The van der Waals surface area contributed by atoms with Gasteiger partial charge in [0, 0.05) is 0 Å². The van der Waals surface area contributed by atoms with Gasteiger partial charge in [-0.2, -0.15) is 0 Å². The quantitative estimate of drug-likeness (QED) is 0.471. The smallest absolute Gasteiger partial charge is 0.511 e. The maximum atomic E-state index is 8.74. The molecule has 0 bridgehead atoms. The second kappa shape index (κ2) is 3.97. The molecule has 0 amide bonds. The van der Waals surface area contributed by atoms with Crippen LogP contribution in [-0.2, 0) is 4.76 Å². The maximum Gasteiger partial charge on any atom is 0.727 e. The number of hydrogen-bond donors (Lipinski definition) is 2. The fourth-order valence-electron chi connectivity index (χ4n) is 0.643. The largest absolute Gasteiger partial charge is 0.727 e. The van der Waals surface area contributed by atoms with Crippen molar-refractivity contribution in [3.05, 3.63) is 30.3 Å². The molecule has 1 aromatic rings. The summed E-state index contributed by atoms with van der Waals surface area (Å²) < 4.78 is 8.76. The van der Waals surface area contributed by atoms with E-state index in [2.05, 4.69) is 10.7 Å². The molecule has 1 aromatic carbocycles. The van der Waals surface area contributed by atoms with Crippen LogP contribution in [0.5, 0.6) is 5.75 Å². The molecule has 0 radical (unpaired) electrons. The zero-order valence-corrected chi connectivity index (χ0v) is 5.81. The monoisotopic (exact) mass is 153 g/mol. The number of rotatable bonds is 3. The molecular weight excluding hydrogens is 145 g/mol. The van der Waals surface area contributed by atoms with Gasteiger partial charge < -0.3 is 9.68 Å². The lowest BCUT2D eigenvalue weighted by Crippen LogP contribution is -2.29. The van der Waals surface area contributed by atoms with Gasteiger partial charge in [-0.3, -0.25) is 4.76 Å². The van der Waals surface area contributed by atoms with E-state index in [1.165, 1.54) is 0 Å². The average molecular weight is 153 g/mol. The lowest BCUT2D eigenvalue weighted by molar-refractivity contribution is 0.198. The second-order valence-corrected chi connectivity index (χ2v) is 1.87. The van der Waals surface area contributed by atoms with Crippen LogP contribution in [0.15, 0.2) is 30.3 Å². The highest BCUT2D eigenvalue weighted by molar-refractivity contribution is 6.35. The van der Waals surface area contributed by atoms with Crippen molar-refractivity contribution in [3.63, 3.8) is 0 Å². The first-order chi connectivity index (χ1) is 5.33. The lowest BCUT2D eigenvalue weighted by Gasteiger charge is -2.04. The minimum Gasteiger partial charge on any atom is -0.511 e. The molecule has 4 nitrogen and oxygen atoms in total. The molecule has 0 aliphatic carbocycles. The predicted molar refractivity (Wildman–Crippen MR) is 40.3 cm³/mol. The van der Waals surface area contributed by atoms with Crippen molar-refractivity contribution in [2.45, 2.75) is 0 Å². The Kier molecular flexibility index (Phi) is 2.91. The second-order valence-electron chi connectivity index (χ2n) is 1.87. The molecule has 0 aromatic heterocycles. The van der Waals surface area contributed by atoms with E-state index in [-0.39, 0.29) is 0 Å². The standard InChI is InChI=1S/C6H8BNO3/c8-11-7(9)10-6-4-2-1-3-5-6/h1-5,9H,8H2. The maximum absolute atomic E-state index is 8.74. The minimum absolute atomic E-state index is 0.505. The van der Waals surface area contributed by atoms with E-state index < -0.39 is 7.32 Å². The zero-order chi connectivity index (χ0) is 8.10. The van der Waals surface area contributed by atoms with Gasteiger partial charge in [0.1, 0.15) is 5.75 Å². The molecule has 0 fully saturated rings. The van der Waals surface area contributed by atoms with Gasteiger partial charge in [0.25, 0.3) is 0 Å². The Morgan fingerprint density at radius 2 is 1.91 bits per heavy atom. The van der Waals surface area contributed by atoms with Gasteiger partial charge in [-0.15, -0.1) is 0 Å². The number of para-hydroxylation sites is 1. The van der Waals surface area contributed by atoms with Crippen LogP contribution in [0.2, 0.25) is 0 Å². The third-order valence-corrected chi connectivity index (χ3v) is 1.10. The van der Waals surface area contributed by atoms with Crippen molar-refractivity contribution in [1.82, 2.24) is 0 Å². The Hall–Kier alpha value is -1.04. The Bertz CT molecular complexity index is 206. The number of benzene rings is 1. The van der Waals surface area contributed by atoms with E-state index in [4.69, 9.17) is 9.68 Å². The van der Waals surface area contributed by atoms with Crippen LogP contribution in [0.25, 0.3) is 0 Å². The van der Waals surface area contributed by atoms with E-state index in [9.17, 15) is 0 Å². The fraction of sp³-hybridized carbons (Fsp3) is 0. The molecule has 0 saturated carbocycles. The molecule has 3 N–H and O–H groups in total. The van der Waals surface area contributed by atoms with E-state index >= 15 is 0 Å². The van der Waals surface area contributed by atoms with Gasteiger partial charge in [0.05, 0.1) is 0 Å². The van der Waals surface area contributed by atoms with Crippen LogP contribution in [0.4, 0.5) is 0 Å². The lowest BCUT2D eigenvalue weighted by atomic mass is 10.2. The van der Waals surface area contributed by atoms with E-state index in [0.29, 0.717) is 5.75 Å². The average Bonchev–Trinajstić information content (AvgIpc) is 2.06. The van der Waals surface area contributed by atoms with Gasteiger partial charge in [0.2, 0.25) is 0 Å². The van der Waals surface area contributed by atoms with Crippen LogP contribution in [0.3, 0.4) is 0 Å². The molecule has 0 spiro atoms. The Morgan fingerprint density at radius 3 is 2.45 bits per heavy atom. The first-order valence-corrected chi connectivity index (χ1v) is 3.08. The van der Waals surface area contributed by atoms with Crippen molar-refractivity contribution in [3.8, 4) is 5.75 Å². The van der Waals surface area contributed by atoms with Crippen LogP contribution in [0, 0.1) is 0 Å². The molecule has 0 saturated heterocycles. The molecular formula is C6H8BNO3. The molecule has 0 aliphatic rings. The summed E-state index contributed by atoms with van der Waals surface area (Å²) in [6, 6.07) is 8.75. The van der Waals surface area contributed by atoms with Crippen molar-refractivity contribution in [1.29, 1.82) is 0 Å². The third kappa shape index (κ3) is 2.59. The summed E-state index contributed by atoms with van der Waals surface area (Å²) >= 11 is 0. The van der Waals surface area contributed by atoms with Crippen molar-refractivity contribution in [2.24, 2.45) is 5.90 Å². The molecule has 11 heavy (non-hydrogen) atoms. The third-order valence-electron chi connectivity index (χ3n) is 1.10. The summed E-state index contributed by atoms with van der Waals surface area (Å²) in [7, 11) is -1.41. The summed E-state index contributed by atoms with van der Waals surface area (Å²) in [5, 5.41) is 8.74. The van der Waals surface area contributed by atoms with Crippen LogP contribution < -0.4 is 10.6 Å². The molecule has 0 aliphatic heterocycles. The normalized spacial score (nSPS) is 9.27. The highest BCUT2D eigenvalue weighted by Crippen LogP contribution is 2.08. The summed E-state index contributed by atoms with van der Waals surface area (Å²) in [6.07, 6.45) is 0. The van der Waals surface area contributed by atoms with Crippen molar-refractivity contribution < 1.29 is 14.4 Å². The summed E-state index contributed by atoms with van der Waals surface area (Å²) in [5.74, 6) is 5.15. The van der Waals surface area contributed by atoms with Gasteiger partial charge in [-0.25, -0.2) is 5.90 Å². The van der Waals surface area contributed by atoms with E-state index in [1.54, 1.807) is 24.3 Å². The first kappa shape index (κ1) is 8.07. The molecule has 0 unspecified atom stereocenters. The Balaban J connectivity index is 2.51. The first-order valence-electron chi connectivity index (χ1n) is 3.08. The topological polar surface area (TPSA) is 64.7 Å². The van der Waals surface area contributed by atoms with Gasteiger partial charge in [-0.05, 0) is 12.1 Å². The molecule has 0 atom stereocenters. The predicted octanol–water partition coefficient (Wildman–Crippen LogP) is -0.0671. The molecule has 5 heteroatoms. The summed E-state index contributed by atoms with van der Waals surface area (Å²) in [4.78, 5) is 0. The number of nitrogens with two attached hydrogens (primary N) is 1. The number of hydrogen-bond acceptors (Lipinski definition) is 4.